The molecule has 0 saturated heterocycles. The van der Waals surface area contributed by atoms with Gasteiger partial charge in [-0.15, -0.1) is 0 Å². The highest BCUT2D eigenvalue weighted by Crippen LogP contribution is 2.21. The lowest BCUT2D eigenvalue weighted by atomic mass is 9.96. The number of aliphatic hydroxyl groups excluding tert-OH is 1. The van der Waals surface area contributed by atoms with Crippen LogP contribution in [0.1, 0.15) is 37.9 Å². The van der Waals surface area contributed by atoms with Crippen molar-refractivity contribution < 1.29 is 19.8 Å². The lowest BCUT2D eigenvalue weighted by Gasteiger charge is -2.11. The normalized spacial score (nSPS) is 11.7. The van der Waals surface area contributed by atoms with E-state index in [-0.39, 0.29) is 11.5 Å². The molecule has 0 fully saturated rings. The van der Waals surface area contributed by atoms with Gasteiger partial charge < -0.3 is 10.2 Å². The van der Waals surface area contributed by atoms with Crippen LogP contribution in [0, 0.1) is 0 Å². The molecule has 124 valence electrons. The number of hydrogen-bond acceptors (Lipinski definition) is 4. The third-order valence-corrected chi connectivity index (χ3v) is 3.90. The molecule has 0 aliphatic rings. The van der Waals surface area contributed by atoms with E-state index in [1.54, 1.807) is 48.5 Å². The second-order valence-corrected chi connectivity index (χ2v) is 5.63. The predicted octanol–water partition coefficient (Wildman–Crippen LogP) is 3.54. The van der Waals surface area contributed by atoms with Crippen LogP contribution in [0.15, 0.2) is 78.9 Å². The molecule has 4 heteroatoms. The quantitative estimate of drug-likeness (QED) is 0.701. The van der Waals surface area contributed by atoms with Crippen LogP contribution in [0.5, 0.6) is 5.75 Å². The predicted molar refractivity (Wildman–Crippen MR) is 93.7 cm³/mol. The zero-order valence-electron chi connectivity index (χ0n) is 13.3. The Morgan fingerprint density at radius 2 is 1.36 bits per heavy atom. The number of hydrogen-bond donors (Lipinski definition) is 2. The maximum atomic E-state index is 12.5. The molecular weight excluding hydrogens is 316 g/mol. The van der Waals surface area contributed by atoms with Gasteiger partial charge in [-0.25, -0.2) is 0 Å². The summed E-state index contributed by atoms with van der Waals surface area (Å²) in [5, 5.41) is 19.7. The van der Waals surface area contributed by atoms with Crippen LogP contribution in [0.2, 0.25) is 0 Å². The van der Waals surface area contributed by atoms with Crippen molar-refractivity contribution in [1.29, 1.82) is 0 Å². The van der Waals surface area contributed by atoms with E-state index in [1.807, 2.05) is 0 Å². The molecule has 1 unspecified atom stereocenters. The summed E-state index contributed by atoms with van der Waals surface area (Å²) in [7, 11) is 0. The van der Waals surface area contributed by atoms with Crippen molar-refractivity contribution in [3.05, 3.63) is 101 Å². The second kappa shape index (κ2) is 7.11. The van der Waals surface area contributed by atoms with E-state index >= 15 is 0 Å². The number of phenols is 1. The highest BCUT2D eigenvalue weighted by molar-refractivity contribution is 6.09. The van der Waals surface area contributed by atoms with Crippen molar-refractivity contribution in [2.45, 2.75) is 6.10 Å². The molecule has 0 aliphatic heterocycles. The summed E-state index contributed by atoms with van der Waals surface area (Å²) in [6.45, 7) is 0. The van der Waals surface area contributed by atoms with Crippen LogP contribution >= 0.6 is 0 Å². The van der Waals surface area contributed by atoms with Gasteiger partial charge in [-0.3, -0.25) is 9.59 Å². The van der Waals surface area contributed by atoms with Crippen molar-refractivity contribution in [3.63, 3.8) is 0 Å². The molecule has 0 bridgehead atoms. The minimum Gasteiger partial charge on any atom is -0.508 e. The number of carbonyl (C=O) groups excluding carboxylic acids is 2. The lowest BCUT2D eigenvalue weighted by Crippen LogP contribution is -2.13. The van der Waals surface area contributed by atoms with E-state index in [0.29, 0.717) is 22.3 Å². The van der Waals surface area contributed by atoms with Crippen LogP contribution in [0.25, 0.3) is 0 Å². The van der Waals surface area contributed by atoms with Gasteiger partial charge in [0, 0.05) is 16.7 Å². The Bertz CT molecular complexity index is 899. The molecule has 0 amide bonds. The van der Waals surface area contributed by atoms with E-state index in [4.69, 9.17) is 0 Å². The minimum atomic E-state index is -1.34. The molecule has 2 N–H and O–H groups in total. The number of rotatable bonds is 5. The Kier molecular flexibility index (Phi) is 4.73. The fourth-order valence-corrected chi connectivity index (χ4v) is 2.54. The summed E-state index contributed by atoms with van der Waals surface area (Å²) in [5.41, 5.74) is 1.55. The Morgan fingerprint density at radius 3 is 2.04 bits per heavy atom. The van der Waals surface area contributed by atoms with Crippen molar-refractivity contribution in [2.24, 2.45) is 0 Å². The number of aromatic hydroxyl groups is 1. The maximum Gasteiger partial charge on any atom is 0.195 e. The summed E-state index contributed by atoms with van der Waals surface area (Å²) in [6.07, 6.45) is -1.34. The maximum absolute atomic E-state index is 12.5. The van der Waals surface area contributed by atoms with Gasteiger partial charge in [-0.2, -0.15) is 0 Å². The van der Waals surface area contributed by atoms with Gasteiger partial charge in [0.25, 0.3) is 0 Å². The first kappa shape index (κ1) is 16.6. The number of Topliss-reactive ketones (excluding diaryl/α,β-unsaturated/α-hetero) is 1. The third-order valence-electron chi connectivity index (χ3n) is 3.90. The van der Waals surface area contributed by atoms with Gasteiger partial charge >= 0.3 is 0 Å². The van der Waals surface area contributed by atoms with E-state index < -0.39 is 11.9 Å². The van der Waals surface area contributed by atoms with Crippen molar-refractivity contribution in [3.8, 4) is 5.75 Å². The van der Waals surface area contributed by atoms with Crippen molar-refractivity contribution in [2.75, 3.05) is 0 Å². The van der Waals surface area contributed by atoms with Gasteiger partial charge in [-0.05, 0) is 35.9 Å². The lowest BCUT2D eigenvalue weighted by molar-refractivity contribution is 0.0747. The smallest absolute Gasteiger partial charge is 0.195 e. The second-order valence-electron chi connectivity index (χ2n) is 5.63. The fourth-order valence-electron chi connectivity index (χ4n) is 2.54. The summed E-state index contributed by atoms with van der Waals surface area (Å²) in [6, 6.07) is 20.8. The molecular formula is C21H16O4. The number of benzene rings is 3. The first-order chi connectivity index (χ1) is 12.1. The molecule has 3 aromatic carbocycles. The molecule has 3 rings (SSSR count). The summed E-state index contributed by atoms with van der Waals surface area (Å²) in [5.74, 6) is -0.592. The zero-order chi connectivity index (χ0) is 17.8. The monoisotopic (exact) mass is 332 g/mol. The van der Waals surface area contributed by atoms with Gasteiger partial charge in [0.05, 0.1) is 0 Å². The zero-order valence-corrected chi connectivity index (χ0v) is 13.3. The third kappa shape index (κ3) is 3.65. The molecule has 1 atom stereocenters. The number of aliphatic hydroxyl groups is 1. The molecule has 25 heavy (non-hydrogen) atoms. The number of carbonyl (C=O) groups is 2. The molecule has 0 saturated carbocycles. The molecule has 0 radical (unpaired) electrons. The average molecular weight is 332 g/mol. The summed E-state index contributed by atoms with van der Waals surface area (Å²) < 4.78 is 0. The standard InChI is InChI=1S/C21H16O4/c22-18-11-9-15(10-12-18)19(23)16-7-4-8-17(13-16)21(25)20(24)14-5-2-1-3-6-14/h1-13,21-22,25H. The number of ketones is 2. The summed E-state index contributed by atoms with van der Waals surface area (Å²) >= 11 is 0. The van der Waals surface area contributed by atoms with Gasteiger partial charge in [0.1, 0.15) is 11.9 Å². The Labute approximate surface area is 145 Å². The topological polar surface area (TPSA) is 74.6 Å². The van der Waals surface area contributed by atoms with E-state index in [0.717, 1.165) is 0 Å². The van der Waals surface area contributed by atoms with E-state index in [2.05, 4.69) is 0 Å². The van der Waals surface area contributed by atoms with Crippen LogP contribution in [-0.4, -0.2) is 21.8 Å². The summed E-state index contributed by atoms with van der Waals surface area (Å²) in [4.78, 5) is 24.9. The van der Waals surface area contributed by atoms with Crippen LogP contribution in [-0.2, 0) is 0 Å². The molecule has 4 nitrogen and oxygen atoms in total. The highest BCUT2D eigenvalue weighted by Gasteiger charge is 2.20. The first-order valence-electron chi connectivity index (χ1n) is 7.77. The molecule has 0 spiro atoms. The molecule has 3 aromatic rings. The minimum absolute atomic E-state index is 0.0779. The molecule has 0 aliphatic carbocycles. The fraction of sp³-hybridized carbons (Fsp3) is 0.0476. The molecule has 0 aromatic heterocycles. The SMILES string of the molecule is O=C(c1ccc(O)cc1)c1cccc(C(O)C(=O)c2ccccc2)c1. The Hall–Kier alpha value is -3.24. The van der Waals surface area contributed by atoms with Crippen LogP contribution in [0.4, 0.5) is 0 Å². The Balaban J connectivity index is 1.87. The largest absolute Gasteiger partial charge is 0.508 e. The van der Waals surface area contributed by atoms with Crippen LogP contribution in [0.3, 0.4) is 0 Å². The highest BCUT2D eigenvalue weighted by atomic mass is 16.3. The van der Waals surface area contributed by atoms with E-state index in [1.165, 1.54) is 30.3 Å². The van der Waals surface area contributed by atoms with E-state index in [9.17, 15) is 19.8 Å². The molecule has 0 heterocycles. The van der Waals surface area contributed by atoms with Gasteiger partial charge in [0.2, 0.25) is 0 Å². The number of phenolic OH excluding ortho intramolecular Hbond substituents is 1. The Morgan fingerprint density at radius 1 is 0.720 bits per heavy atom. The van der Waals surface area contributed by atoms with Gasteiger partial charge in [0.15, 0.2) is 11.6 Å². The van der Waals surface area contributed by atoms with Crippen molar-refractivity contribution in [1.82, 2.24) is 0 Å². The van der Waals surface area contributed by atoms with Crippen LogP contribution < -0.4 is 0 Å². The van der Waals surface area contributed by atoms with Gasteiger partial charge in [-0.1, -0.05) is 48.5 Å². The van der Waals surface area contributed by atoms with Crippen molar-refractivity contribution >= 4 is 11.6 Å². The first-order valence-corrected chi connectivity index (χ1v) is 7.77. The average Bonchev–Trinajstić information content (AvgIpc) is 2.67.